The van der Waals surface area contributed by atoms with Gasteiger partial charge in [-0.2, -0.15) is 17.7 Å². The van der Waals surface area contributed by atoms with Crippen LogP contribution in [0.5, 0.6) is 0 Å². The molecule has 8 nitrogen and oxygen atoms in total. The van der Waals surface area contributed by atoms with Crippen LogP contribution in [0.4, 0.5) is 36.2 Å². The first-order valence-corrected chi connectivity index (χ1v) is 11.3. The first-order valence-electron chi connectivity index (χ1n) is 11.3. The van der Waals surface area contributed by atoms with Gasteiger partial charge in [0.15, 0.2) is 17.3 Å². The molecule has 2 aliphatic heterocycles. The van der Waals surface area contributed by atoms with E-state index in [1.54, 1.807) is 29.8 Å². The van der Waals surface area contributed by atoms with Crippen molar-refractivity contribution in [3.05, 3.63) is 41.1 Å². The normalized spacial score (nSPS) is 19.1. The number of rotatable bonds is 4. The Bertz CT molecular complexity index is 1230. The standard InChI is InChI=1S/C23H26F3N7O/c1-14-21(33-22(29-14)17(27)13-19(31-33)32-9-11-34-12-10-32)30-18-4-2-3-16(23(24,25)26)20(18)15-5-7-28-8-6-15/h2-4,7,13,15,30H,5-6,8-12,27H2,1H3. The first-order chi connectivity index (χ1) is 16.3. The van der Waals surface area contributed by atoms with E-state index in [1.807, 2.05) is 0 Å². The lowest BCUT2D eigenvalue weighted by atomic mass is 9.86. The van der Waals surface area contributed by atoms with E-state index in [0.717, 1.165) is 6.07 Å². The molecule has 1 saturated heterocycles. The largest absolute Gasteiger partial charge is 0.416 e. The average molecular weight is 474 g/mol. The number of benzene rings is 1. The SMILES string of the molecule is Cc1nc2c(N)cc(N3CCOCC3)nn2c1Nc1cccc(C(F)(F)F)c1C1CC=NCC1. The van der Waals surface area contributed by atoms with Gasteiger partial charge in [-0.3, -0.25) is 4.99 Å². The lowest BCUT2D eigenvalue weighted by molar-refractivity contribution is -0.138. The highest BCUT2D eigenvalue weighted by atomic mass is 19.4. The zero-order valence-corrected chi connectivity index (χ0v) is 18.8. The number of nitrogens with one attached hydrogen (secondary N) is 1. The minimum absolute atomic E-state index is 0.243. The monoisotopic (exact) mass is 473 g/mol. The topological polar surface area (TPSA) is 93.1 Å². The zero-order valence-electron chi connectivity index (χ0n) is 18.8. The molecule has 1 aromatic carbocycles. The van der Waals surface area contributed by atoms with Gasteiger partial charge in [0.05, 0.1) is 30.2 Å². The fourth-order valence-electron chi connectivity index (χ4n) is 4.62. The number of nitrogens with zero attached hydrogens (tertiary/aromatic N) is 5. The number of ether oxygens (including phenoxy) is 1. The first kappa shape index (κ1) is 22.5. The van der Waals surface area contributed by atoms with Crippen molar-refractivity contribution < 1.29 is 17.9 Å². The smallest absolute Gasteiger partial charge is 0.396 e. The fraction of sp³-hybridized carbons (Fsp3) is 0.435. The lowest BCUT2D eigenvalue weighted by Gasteiger charge is -2.28. The van der Waals surface area contributed by atoms with Gasteiger partial charge in [0.1, 0.15) is 0 Å². The highest BCUT2D eigenvalue weighted by Gasteiger charge is 2.37. The molecule has 0 aliphatic carbocycles. The third kappa shape index (κ3) is 4.15. The molecule has 180 valence electrons. The molecule has 2 aromatic heterocycles. The van der Waals surface area contributed by atoms with Crippen LogP contribution < -0.4 is 16.0 Å². The van der Waals surface area contributed by atoms with Gasteiger partial charge in [-0.05, 0) is 49.6 Å². The van der Waals surface area contributed by atoms with Gasteiger partial charge < -0.3 is 20.7 Å². The number of morpholine rings is 1. The summed E-state index contributed by atoms with van der Waals surface area (Å²) in [6.07, 6.45) is -1.75. The van der Waals surface area contributed by atoms with Crippen LogP contribution in [0, 0.1) is 6.92 Å². The van der Waals surface area contributed by atoms with Crippen molar-refractivity contribution in [2.24, 2.45) is 4.99 Å². The molecule has 1 unspecified atom stereocenters. The van der Waals surface area contributed by atoms with Gasteiger partial charge in [-0.1, -0.05) is 6.07 Å². The molecule has 3 N–H and O–H groups in total. The fourth-order valence-corrected chi connectivity index (χ4v) is 4.62. The number of aliphatic imine (C=N–C) groups is 1. The summed E-state index contributed by atoms with van der Waals surface area (Å²) < 4.78 is 49.0. The predicted molar refractivity (Wildman–Crippen MR) is 125 cm³/mol. The number of halogens is 3. The van der Waals surface area contributed by atoms with Crippen molar-refractivity contribution in [2.45, 2.75) is 31.9 Å². The minimum atomic E-state index is -4.47. The van der Waals surface area contributed by atoms with Crippen molar-refractivity contribution in [2.75, 3.05) is 48.8 Å². The number of alkyl halides is 3. The molecular weight excluding hydrogens is 447 g/mol. The van der Waals surface area contributed by atoms with Crippen molar-refractivity contribution >= 4 is 34.9 Å². The number of fused-ring (bicyclic) bond motifs is 1. The number of imidazole rings is 1. The Labute approximate surface area is 194 Å². The van der Waals surface area contributed by atoms with Gasteiger partial charge in [0, 0.05) is 31.4 Å². The van der Waals surface area contributed by atoms with Gasteiger partial charge in [-0.15, -0.1) is 5.10 Å². The number of nitrogens with two attached hydrogens (primary N) is 1. The van der Waals surface area contributed by atoms with E-state index in [9.17, 15) is 13.2 Å². The van der Waals surface area contributed by atoms with Crippen LogP contribution in [0.25, 0.3) is 5.65 Å². The van der Waals surface area contributed by atoms with E-state index < -0.39 is 11.7 Å². The number of hydrogen-bond acceptors (Lipinski definition) is 7. The second-order valence-corrected chi connectivity index (χ2v) is 8.54. The summed E-state index contributed by atoms with van der Waals surface area (Å²) in [4.78, 5) is 10.8. The summed E-state index contributed by atoms with van der Waals surface area (Å²) in [5, 5.41) is 7.95. The van der Waals surface area contributed by atoms with Crippen LogP contribution in [0.1, 0.15) is 35.6 Å². The van der Waals surface area contributed by atoms with E-state index in [2.05, 4.69) is 20.2 Å². The van der Waals surface area contributed by atoms with Crippen molar-refractivity contribution in [3.8, 4) is 0 Å². The quantitative estimate of drug-likeness (QED) is 0.591. The average Bonchev–Trinajstić information content (AvgIpc) is 3.15. The number of nitrogen functional groups attached to an aromatic ring is 1. The van der Waals surface area contributed by atoms with Crippen LogP contribution in [0.2, 0.25) is 0 Å². The van der Waals surface area contributed by atoms with Crippen LogP contribution in [0.15, 0.2) is 29.3 Å². The number of aryl methyl sites for hydroxylation is 1. The van der Waals surface area contributed by atoms with E-state index in [1.165, 1.54) is 6.07 Å². The van der Waals surface area contributed by atoms with Gasteiger partial charge in [-0.25, -0.2) is 4.98 Å². The second kappa shape index (κ2) is 8.79. The highest BCUT2D eigenvalue weighted by molar-refractivity contribution is 5.75. The molecule has 34 heavy (non-hydrogen) atoms. The molecule has 5 rings (SSSR count). The van der Waals surface area contributed by atoms with Crippen molar-refractivity contribution in [1.82, 2.24) is 14.6 Å². The molecule has 1 fully saturated rings. The summed E-state index contributed by atoms with van der Waals surface area (Å²) in [6, 6.07) is 6.00. The Hall–Kier alpha value is -3.34. The maximum absolute atomic E-state index is 14.0. The molecule has 0 bridgehead atoms. The molecule has 11 heteroatoms. The molecule has 0 saturated carbocycles. The number of hydrogen-bond donors (Lipinski definition) is 2. The Kier molecular flexibility index (Phi) is 5.80. The summed E-state index contributed by atoms with van der Waals surface area (Å²) >= 11 is 0. The van der Waals surface area contributed by atoms with Gasteiger partial charge in [0.25, 0.3) is 0 Å². The van der Waals surface area contributed by atoms with E-state index in [-0.39, 0.29) is 11.5 Å². The van der Waals surface area contributed by atoms with Crippen molar-refractivity contribution in [3.63, 3.8) is 0 Å². The number of anilines is 4. The molecule has 0 radical (unpaired) electrons. The van der Waals surface area contributed by atoms with Crippen LogP contribution >= 0.6 is 0 Å². The molecular formula is C23H26F3N7O. The predicted octanol–water partition coefficient (Wildman–Crippen LogP) is 4.17. The zero-order chi connectivity index (χ0) is 23.9. The van der Waals surface area contributed by atoms with E-state index >= 15 is 0 Å². The summed E-state index contributed by atoms with van der Waals surface area (Å²) in [7, 11) is 0. The summed E-state index contributed by atoms with van der Waals surface area (Å²) in [6.45, 7) is 4.82. The lowest BCUT2D eigenvalue weighted by Crippen LogP contribution is -2.37. The molecule has 3 aromatic rings. The Morgan fingerprint density at radius 2 is 2.00 bits per heavy atom. The third-order valence-electron chi connectivity index (χ3n) is 6.31. The van der Waals surface area contributed by atoms with Crippen LogP contribution in [-0.4, -0.2) is 53.7 Å². The molecule has 1 atom stereocenters. The van der Waals surface area contributed by atoms with Crippen molar-refractivity contribution in [1.29, 1.82) is 0 Å². The van der Waals surface area contributed by atoms with Crippen LogP contribution in [-0.2, 0) is 10.9 Å². The van der Waals surface area contributed by atoms with E-state index in [4.69, 9.17) is 15.6 Å². The molecule has 4 heterocycles. The maximum atomic E-state index is 14.0. The molecule has 0 spiro atoms. The van der Waals surface area contributed by atoms with E-state index in [0.29, 0.717) is 80.0 Å². The third-order valence-corrected chi connectivity index (χ3v) is 6.31. The Balaban J connectivity index is 1.61. The van der Waals surface area contributed by atoms with Crippen LogP contribution in [0.3, 0.4) is 0 Å². The molecule has 0 amide bonds. The number of aromatic nitrogens is 3. The Morgan fingerprint density at radius 3 is 2.71 bits per heavy atom. The molecule has 2 aliphatic rings. The van der Waals surface area contributed by atoms with Gasteiger partial charge >= 0.3 is 6.18 Å². The summed E-state index contributed by atoms with van der Waals surface area (Å²) in [5.41, 5.74) is 7.78. The second-order valence-electron chi connectivity index (χ2n) is 8.54. The minimum Gasteiger partial charge on any atom is -0.396 e. The summed E-state index contributed by atoms with van der Waals surface area (Å²) in [5.74, 6) is 0.864. The highest BCUT2D eigenvalue weighted by Crippen LogP contribution is 2.42. The maximum Gasteiger partial charge on any atom is 0.416 e. The Morgan fingerprint density at radius 1 is 1.21 bits per heavy atom. The van der Waals surface area contributed by atoms with Gasteiger partial charge in [0.2, 0.25) is 0 Å².